The van der Waals surface area contributed by atoms with Crippen LogP contribution in [0.1, 0.15) is 17.9 Å². The summed E-state index contributed by atoms with van der Waals surface area (Å²) in [7, 11) is 0. The Labute approximate surface area is 107 Å². The van der Waals surface area contributed by atoms with Gasteiger partial charge in [-0.1, -0.05) is 17.7 Å². The Morgan fingerprint density at radius 3 is 2.94 bits per heavy atom. The molecule has 1 aromatic rings. The molecule has 0 aliphatic carbocycles. The van der Waals surface area contributed by atoms with E-state index < -0.39 is 12.0 Å². The fourth-order valence-corrected chi connectivity index (χ4v) is 2.58. The molecule has 0 amide bonds. The van der Waals surface area contributed by atoms with E-state index in [1.807, 2.05) is 12.1 Å². The van der Waals surface area contributed by atoms with E-state index in [1.165, 1.54) is 0 Å². The normalized spacial score (nSPS) is 24.6. The van der Waals surface area contributed by atoms with Crippen molar-refractivity contribution in [2.45, 2.75) is 18.4 Å². The zero-order valence-corrected chi connectivity index (χ0v) is 10.8. The molecule has 2 N–H and O–H groups in total. The molecule has 2 atom stereocenters. The van der Waals surface area contributed by atoms with E-state index in [2.05, 4.69) is 21.2 Å². The van der Waals surface area contributed by atoms with Gasteiger partial charge in [0.25, 0.3) is 0 Å². The first-order valence-electron chi connectivity index (χ1n) is 5.00. The number of nitrogens with one attached hydrogen (secondary N) is 1. The van der Waals surface area contributed by atoms with Gasteiger partial charge >= 0.3 is 5.97 Å². The van der Waals surface area contributed by atoms with Crippen LogP contribution in [0.15, 0.2) is 22.7 Å². The highest BCUT2D eigenvalue weighted by Crippen LogP contribution is 2.32. The van der Waals surface area contributed by atoms with Crippen LogP contribution in [-0.2, 0) is 4.79 Å². The number of carboxylic acid groups (broad SMARTS) is 1. The molecule has 0 spiro atoms. The maximum atomic E-state index is 11.0. The minimum atomic E-state index is -0.798. The molecular formula is C11H11BrClNO2. The summed E-state index contributed by atoms with van der Waals surface area (Å²) in [6.07, 6.45) is 0.838. The SMILES string of the molecule is O=C(O)C1NCCC1c1ccc(Cl)c(Br)c1. The van der Waals surface area contributed by atoms with Crippen molar-refractivity contribution in [2.75, 3.05) is 6.54 Å². The number of carboxylic acids is 1. The van der Waals surface area contributed by atoms with Crippen molar-refractivity contribution in [3.8, 4) is 0 Å². The molecule has 0 aromatic heterocycles. The Balaban J connectivity index is 2.29. The van der Waals surface area contributed by atoms with Gasteiger partial charge in [0.15, 0.2) is 0 Å². The van der Waals surface area contributed by atoms with E-state index in [-0.39, 0.29) is 5.92 Å². The third kappa shape index (κ3) is 2.24. The molecule has 0 radical (unpaired) electrons. The standard InChI is InChI=1S/C11H11BrClNO2/c12-8-5-6(1-2-9(8)13)7-3-4-14-10(7)11(15)16/h1-2,5,7,10,14H,3-4H2,(H,15,16). The van der Waals surface area contributed by atoms with Crippen LogP contribution in [0.3, 0.4) is 0 Å². The van der Waals surface area contributed by atoms with Crippen LogP contribution in [0.4, 0.5) is 0 Å². The predicted octanol–water partition coefficient (Wildman–Crippen LogP) is 2.63. The highest BCUT2D eigenvalue weighted by molar-refractivity contribution is 9.10. The number of hydrogen-bond acceptors (Lipinski definition) is 2. The van der Waals surface area contributed by atoms with Crippen LogP contribution in [0.25, 0.3) is 0 Å². The van der Waals surface area contributed by atoms with Crippen LogP contribution in [-0.4, -0.2) is 23.7 Å². The summed E-state index contributed by atoms with van der Waals surface area (Å²) in [5.74, 6) is -0.778. The van der Waals surface area contributed by atoms with E-state index in [0.717, 1.165) is 23.0 Å². The van der Waals surface area contributed by atoms with Crippen molar-refractivity contribution in [1.82, 2.24) is 5.32 Å². The first-order valence-corrected chi connectivity index (χ1v) is 6.18. The van der Waals surface area contributed by atoms with Gasteiger partial charge in [0.2, 0.25) is 0 Å². The zero-order valence-electron chi connectivity index (χ0n) is 8.41. The van der Waals surface area contributed by atoms with Crippen LogP contribution in [0.5, 0.6) is 0 Å². The second-order valence-corrected chi connectivity index (χ2v) is 5.10. The van der Waals surface area contributed by atoms with Crippen molar-refractivity contribution >= 4 is 33.5 Å². The molecule has 1 aliphatic heterocycles. The van der Waals surface area contributed by atoms with Gasteiger partial charge in [0, 0.05) is 10.4 Å². The van der Waals surface area contributed by atoms with Crippen molar-refractivity contribution in [2.24, 2.45) is 0 Å². The summed E-state index contributed by atoms with van der Waals surface area (Å²) in [5, 5.41) is 12.7. The van der Waals surface area contributed by atoms with Gasteiger partial charge in [-0.3, -0.25) is 4.79 Å². The van der Waals surface area contributed by atoms with Gasteiger partial charge in [-0.15, -0.1) is 0 Å². The summed E-state index contributed by atoms with van der Waals surface area (Å²) in [5.41, 5.74) is 1.01. The molecule has 3 nitrogen and oxygen atoms in total. The molecule has 2 rings (SSSR count). The molecule has 1 aliphatic rings. The average Bonchev–Trinajstić information content (AvgIpc) is 2.71. The van der Waals surface area contributed by atoms with Crippen molar-refractivity contribution in [3.05, 3.63) is 33.3 Å². The number of halogens is 2. The lowest BCUT2D eigenvalue weighted by atomic mass is 9.92. The lowest BCUT2D eigenvalue weighted by Gasteiger charge is -2.16. The average molecular weight is 305 g/mol. The Bertz CT molecular complexity index is 424. The van der Waals surface area contributed by atoms with Gasteiger partial charge in [-0.2, -0.15) is 0 Å². The van der Waals surface area contributed by atoms with Crippen molar-refractivity contribution in [3.63, 3.8) is 0 Å². The van der Waals surface area contributed by atoms with Crippen molar-refractivity contribution in [1.29, 1.82) is 0 Å². The Morgan fingerprint density at radius 2 is 2.31 bits per heavy atom. The zero-order chi connectivity index (χ0) is 11.7. The lowest BCUT2D eigenvalue weighted by molar-refractivity contribution is -0.139. The van der Waals surface area contributed by atoms with E-state index >= 15 is 0 Å². The Morgan fingerprint density at radius 1 is 1.56 bits per heavy atom. The third-order valence-corrected chi connectivity index (χ3v) is 4.07. The number of aliphatic carboxylic acids is 1. The minimum Gasteiger partial charge on any atom is -0.480 e. The summed E-state index contributed by atoms with van der Waals surface area (Å²) in [6, 6.07) is 5.09. The fourth-order valence-electron chi connectivity index (χ4n) is 2.06. The number of rotatable bonds is 2. The van der Waals surface area contributed by atoms with Crippen LogP contribution < -0.4 is 5.32 Å². The maximum Gasteiger partial charge on any atom is 0.321 e. The van der Waals surface area contributed by atoms with E-state index in [1.54, 1.807) is 6.07 Å². The Hall–Kier alpha value is -0.580. The third-order valence-electron chi connectivity index (χ3n) is 2.86. The lowest BCUT2D eigenvalue weighted by Crippen LogP contribution is -2.34. The second-order valence-electron chi connectivity index (χ2n) is 3.84. The van der Waals surface area contributed by atoms with Crippen LogP contribution in [0, 0.1) is 0 Å². The first kappa shape index (κ1) is 11.9. The molecule has 1 heterocycles. The van der Waals surface area contributed by atoms with Crippen LogP contribution >= 0.6 is 27.5 Å². The monoisotopic (exact) mass is 303 g/mol. The number of hydrogen-bond donors (Lipinski definition) is 2. The molecule has 1 aromatic carbocycles. The van der Waals surface area contributed by atoms with E-state index in [0.29, 0.717) is 5.02 Å². The van der Waals surface area contributed by atoms with Gasteiger partial charge < -0.3 is 10.4 Å². The fraction of sp³-hybridized carbons (Fsp3) is 0.364. The van der Waals surface area contributed by atoms with Gasteiger partial charge in [0.1, 0.15) is 6.04 Å². The van der Waals surface area contributed by atoms with Crippen molar-refractivity contribution < 1.29 is 9.90 Å². The molecule has 16 heavy (non-hydrogen) atoms. The summed E-state index contributed by atoms with van der Waals surface area (Å²) in [6.45, 7) is 0.738. The minimum absolute atomic E-state index is 0.0195. The molecule has 0 bridgehead atoms. The Kier molecular flexibility index (Phi) is 3.52. The number of benzene rings is 1. The first-order chi connectivity index (χ1) is 7.59. The van der Waals surface area contributed by atoms with Gasteiger partial charge in [-0.05, 0) is 46.6 Å². The maximum absolute atomic E-state index is 11.0. The van der Waals surface area contributed by atoms with Gasteiger partial charge in [0.05, 0.1) is 5.02 Å². The highest BCUT2D eigenvalue weighted by Gasteiger charge is 2.33. The smallest absolute Gasteiger partial charge is 0.321 e. The summed E-state index contributed by atoms with van der Waals surface area (Å²) < 4.78 is 0.808. The molecule has 1 fully saturated rings. The summed E-state index contributed by atoms with van der Waals surface area (Å²) >= 11 is 9.26. The quantitative estimate of drug-likeness (QED) is 0.883. The molecular weight excluding hydrogens is 293 g/mol. The largest absolute Gasteiger partial charge is 0.480 e. The van der Waals surface area contributed by atoms with E-state index in [9.17, 15) is 4.79 Å². The summed E-state index contributed by atoms with van der Waals surface area (Å²) in [4.78, 5) is 11.0. The molecule has 86 valence electrons. The number of carbonyl (C=O) groups is 1. The molecule has 1 saturated heterocycles. The molecule has 0 saturated carbocycles. The second kappa shape index (κ2) is 4.73. The van der Waals surface area contributed by atoms with Crippen LogP contribution in [0.2, 0.25) is 5.02 Å². The predicted molar refractivity (Wildman–Crippen MR) is 65.9 cm³/mol. The molecule has 2 unspecified atom stereocenters. The topological polar surface area (TPSA) is 49.3 Å². The molecule has 5 heteroatoms. The highest BCUT2D eigenvalue weighted by atomic mass is 79.9. The van der Waals surface area contributed by atoms with E-state index in [4.69, 9.17) is 16.7 Å². The van der Waals surface area contributed by atoms with Gasteiger partial charge in [-0.25, -0.2) is 0 Å².